The van der Waals surface area contributed by atoms with Gasteiger partial charge in [-0.05, 0) is 37.6 Å². The van der Waals surface area contributed by atoms with Crippen LogP contribution < -0.4 is 15.0 Å². The summed E-state index contributed by atoms with van der Waals surface area (Å²) < 4.78 is 5.86. The molecule has 4 rings (SSSR count). The van der Waals surface area contributed by atoms with Crippen LogP contribution in [0.4, 0.5) is 5.82 Å². The number of likely N-dealkylation sites (tertiary alicyclic amines) is 1. The van der Waals surface area contributed by atoms with E-state index in [2.05, 4.69) is 22.1 Å². The van der Waals surface area contributed by atoms with Gasteiger partial charge in [0.25, 0.3) is 5.91 Å². The predicted molar refractivity (Wildman–Crippen MR) is 119 cm³/mol. The summed E-state index contributed by atoms with van der Waals surface area (Å²) in [4.78, 5) is 35.6. The molecule has 2 amide bonds. The van der Waals surface area contributed by atoms with Crippen molar-refractivity contribution in [3.8, 4) is 5.75 Å². The number of carbonyl (C=O) groups is 2. The second-order valence-corrected chi connectivity index (χ2v) is 8.73. The molecule has 8 nitrogen and oxygen atoms in total. The number of hydrogen-bond donors (Lipinski definition) is 1. The molecule has 0 radical (unpaired) electrons. The van der Waals surface area contributed by atoms with Gasteiger partial charge in [-0.2, -0.15) is 0 Å². The number of amides is 2. The molecule has 166 valence electrons. The number of hydrogen-bond acceptors (Lipinski definition) is 6. The van der Waals surface area contributed by atoms with Gasteiger partial charge >= 0.3 is 0 Å². The van der Waals surface area contributed by atoms with Crippen LogP contribution in [0.3, 0.4) is 0 Å². The Kier molecular flexibility index (Phi) is 6.00. The Bertz CT molecular complexity index is 926. The van der Waals surface area contributed by atoms with Gasteiger partial charge in [0.15, 0.2) is 11.6 Å². The third-order valence-corrected chi connectivity index (χ3v) is 6.01. The maximum atomic E-state index is 12.8. The maximum Gasteiger partial charge on any atom is 0.255 e. The second kappa shape index (κ2) is 8.70. The molecule has 1 aromatic rings. The lowest BCUT2D eigenvalue weighted by Crippen LogP contribution is -2.47. The molecule has 1 saturated heterocycles. The van der Waals surface area contributed by atoms with E-state index < -0.39 is 0 Å². The molecule has 3 aliphatic rings. The molecule has 1 fully saturated rings. The summed E-state index contributed by atoms with van der Waals surface area (Å²) in [5.41, 5.74) is 1.50. The lowest BCUT2D eigenvalue weighted by atomic mass is 10.1. The van der Waals surface area contributed by atoms with Crippen LogP contribution in [0.1, 0.15) is 37.6 Å². The molecule has 0 aliphatic carbocycles. The predicted octanol–water partition coefficient (Wildman–Crippen LogP) is 2.20. The Morgan fingerprint density at radius 2 is 2.10 bits per heavy atom. The maximum absolute atomic E-state index is 12.8. The van der Waals surface area contributed by atoms with Gasteiger partial charge in [-0.25, -0.2) is 4.98 Å². The quantitative estimate of drug-likeness (QED) is 0.797. The molecular weight excluding hydrogens is 394 g/mol. The fourth-order valence-corrected chi connectivity index (χ4v) is 4.23. The SMILES string of the molecule is CNC1C=C(N2CCOc3cc(C(=O)N4CC[C@@H](C)C4)cnc32)C=CN1C(=O)C(C)C. The van der Waals surface area contributed by atoms with E-state index >= 15 is 0 Å². The normalized spacial score (nSPS) is 23.0. The molecule has 3 aliphatic heterocycles. The lowest BCUT2D eigenvalue weighted by molar-refractivity contribution is -0.133. The van der Waals surface area contributed by atoms with Gasteiger partial charge in [-0.15, -0.1) is 0 Å². The van der Waals surface area contributed by atoms with Crippen LogP contribution in [0.5, 0.6) is 5.75 Å². The Morgan fingerprint density at radius 1 is 1.29 bits per heavy atom. The van der Waals surface area contributed by atoms with E-state index in [0.29, 0.717) is 36.2 Å². The molecule has 1 unspecified atom stereocenters. The number of ether oxygens (including phenoxy) is 1. The molecule has 0 bridgehead atoms. The number of nitrogens with one attached hydrogen (secondary N) is 1. The van der Waals surface area contributed by atoms with E-state index in [-0.39, 0.29) is 23.9 Å². The summed E-state index contributed by atoms with van der Waals surface area (Å²) >= 11 is 0. The average Bonchev–Trinajstić information content (AvgIpc) is 3.23. The fraction of sp³-hybridized carbons (Fsp3) is 0.522. The third-order valence-electron chi connectivity index (χ3n) is 6.01. The highest BCUT2D eigenvalue weighted by molar-refractivity contribution is 5.95. The highest BCUT2D eigenvalue weighted by atomic mass is 16.5. The molecule has 31 heavy (non-hydrogen) atoms. The first-order valence-corrected chi connectivity index (χ1v) is 11.0. The van der Waals surface area contributed by atoms with E-state index in [1.165, 1.54) is 0 Å². The Labute approximate surface area is 183 Å². The number of likely N-dealkylation sites (N-methyl/N-ethyl adjacent to an activating group) is 1. The van der Waals surface area contributed by atoms with Gasteiger partial charge in [0, 0.05) is 37.1 Å². The summed E-state index contributed by atoms with van der Waals surface area (Å²) in [5.74, 6) is 1.82. The van der Waals surface area contributed by atoms with E-state index in [1.807, 2.05) is 44.1 Å². The number of nitrogens with zero attached hydrogens (tertiary/aromatic N) is 4. The monoisotopic (exact) mass is 425 g/mol. The topological polar surface area (TPSA) is 78.0 Å². The van der Waals surface area contributed by atoms with E-state index in [9.17, 15) is 9.59 Å². The highest BCUT2D eigenvalue weighted by Gasteiger charge is 2.30. The largest absolute Gasteiger partial charge is 0.488 e. The summed E-state index contributed by atoms with van der Waals surface area (Å²) in [7, 11) is 1.83. The highest BCUT2D eigenvalue weighted by Crippen LogP contribution is 2.34. The van der Waals surface area contributed by atoms with Crippen molar-refractivity contribution in [2.75, 3.05) is 38.2 Å². The average molecular weight is 426 g/mol. The summed E-state index contributed by atoms with van der Waals surface area (Å²) in [6.45, 7) is 8.67. The van der Waals surface area contributed by atoms with Crippen LogP contribution in [0.15, 0.2) is 36.3 Å². The van der Waals surface area contributed by atoms with Crippen molar-refractivity contribution in [3.05, 3.63) is 41.9 Å². The van der Waals surface area contributed by atoms with Crippen molar-refractivity contribution in [1.82, 2.24) is 20.1 Å². The van der Waals surface area contributed by atoms with Crippen molar-refractivity contribution in [2.24, 2.45) is 11.8 Å². The molecule has 1 N–H and O–H groups in total. The first-order valence-electron chi connectivity index (χ1n) is 11.0. The number of pyridine rings is 1. The van der Waals surface area contributed by atoms with Crippen LogP contribution in [-0.2, 0) is 4.79 Å². The minimum absolute atomic E-state index is 0.00948. The Morgan fingerprint density at radius 3 is 2.77 bits per heavy atom. The van der Waals surface area contributed by atoms with Crippen molar-refractivity contribution in [3.63, 3.8) is 0 Å². The molecule has 8 heteroatoms. The summed E-state index contributed by atoms with van der Waals surface area (Å²) in [5, 5.41) is 3.19. The Hall–Kier alpha value is -2.87. The van der Waals surface area contributed by atoms with E-state index in [1.54, 1.807) is 17.2 Å². The Balaban J connectivity index is 1.57. The van der Waals surface area contributed by atoms with Gasteiger partial charge in [0.05, 0.1) is 12.1 Å². The van der Waals surface area contributed by atoms with Crippen molar-refractivity contribution < 1.29 is 14.3 Å². The zero-order valence-electron chi connectivity index (χ0n) is 18.7. The number of aromatic nitrogens is 1. The fourth-order valence-electron chi connectivity index (χ4n) is 4.23. The molecule has 1 aromatic heterocycles. The van der Waals surface area contributed by atoms with Gasteiger partial charge in [-0.3, -0.25) is 19.8 Å². The smallest absolute Gasteiger partial charge is 0.255 e. The molecule has 4 heterocycles. The number of fused-ring (bicyclic) bond motifs is 1. The number of anilines is 1. The number of rotatable bonds is 4. The van der Waals surface area contributed by atoms with E-state index in [4.69, 9.17) is 4.74 Å². The molecule has 2 atom stereocenters. The van der Waals surface area contributed by atoms with Crippen molar-refractivity contribution in [2.45, 2.75) is 33.4 Å². The van der Waals surface area contributed by atoms with Crippen LogP contribution in [0, 0.1) is 11.8 Å². The zero-order chi connectivity index (χ0) is 22.1. The van der Waals surface area contributed by atoms with Crippen molar-refractivity contribution >= 4 is 17.6 Å². The van der Waals surface area contributed by atoms with Gasteiger partial charge in [0.2, 0.25) is 5.91 Å². The van der Waals surface area contributed by atoms with Gasteiger partial charge in [0.1, 0.15) is 12.8 Å². The second-order valence-electron chi connectivity index (χ2n) is 8.73. The molecule has 0 spiro atoms. The van der Waals surface area contributed by atoms with Crippen LogP contribution in [0.2, 0.25) is 0 Å². The van der Waals surface area contributed by atoms with Gasteiger partial charge < -0.3 is 14.5 Å². The van der Waals surface area contributed by atoms with Crippen LogP contribution in [0.25, 0.3) is 0 Å². The first kappa shape index (κ1) is 21.4. The molecule has 0 aromatic carbocycles. The number of allylic oxidation sites excluding steroid dienone is 1. The third kappa shape index (κ3) is 4.17. The zero-order valence-corrected chi connectivity index (χ0v) is 18.7. The lowest BCUT2D eigenvalue weighted by Gasteiger charge is -2.36. The standard InChI is InChI=1S/C23H31N5O3/c1-15(2)22(29)28-8-6-18(12-20(28)24-4)27-9-10-31-19-11-17(13-25-21(19)27)23(30)26-7-5-16(3)14-26/h6,8,11-13,15-16,20,24H,5,7,9-10,14H2,1-4H3/t16-,20?/m1/s1. The molecule has 0 saturated carbocycles. The van der Waals surface area contributed by atoms with Crippen LogP contribution in [-0.4, -0.2) is 66.1 Å². The van der Waals surface area contributed by atoms with Gasteiger partial charge in [-0.1, -0.05) is 20.8 Å². The first-order chi connectivity index (χ1) is 14.9. The minimum Gasteiger partial charge on any atom is -0.488 e. The summed E-state index contributed by atoms with van der Waals surface area (Å²) in [6, 6.07) is 1.80. The summed E-state index contributed by atoms with van der Waals surface area (Å²) in [6.07, 6.45) is 8.21. The van der Waals surface area contributed by atoms with Crippen molar-refractivity contribution in [1.29, 1.82) is 0 Å². The van der Waals surface area contributed by atoms with E-state index in [0.717, 1.165) is 25.2 Å². The van der Waals surface area contributed by atoms with Crippen LogP contribution >= 0.6 is 0 Å². The number of carbonyl (C=O) groups excluding carboxylic acids is 2. The molecular formula is C23H31N5O3. The minimum atomic E-state index is -0.237.